The Morgan fingerprint density at radius 1 is 1.05 bits per heavy atom. The molecule has 12 heteroatoms. The van der Waals surface area contributed by atoms with Gasteiger partial charge in [-0.3, -0.25) is 14.5 Å². The van der Waals surface area contributed by atoms with Crippen molar-refractivity contribution in [3.05, 3.63) is 70.5 Å². The molecule has 8 nitrogen and oxygen atoms in total. The van der Waals surface area contributed by atoms with Crippen molar-refractivity contribution in [1.29, 1.82) is 0 Å². The van der Waals surface area contributed by atoms with Crippen LogP contribution in [0, 0.1) is 40.8 Å². The number of aliphatic hydroxyl groups is 2. The van der Waals surface area contributed by atoms with E-state index in [9.17, 15) is 28.2 Å². The Morgan fingerprint density at radius 2 is 1.75 bits per heavy atom. The molecule has 2 aromatic rings. The number of carbonyl (C=O) groups excluding carboxylic acids is 1. The van der Waals surface area contributed by atoms with Crippen LogP contribution in [0.4, 0.5) is 17.6 Å². The smallest absolute Gasteiger partial charge is 0.394 e. The van der Waals surface area contributed by atoms with E-state index >= 15 is 4.39 Å². The van der Waals surface area contributed by atoms with Crippen molar-refractivity contribution >= 4 is 5.91 Å². The van der Waals surface area contributed by atoms with Crippen molar-refractivity contribution in [3.8, 4) is 0 Å². The summed E-state index contributed by atoms with van der Waals surface area (Å²) in [5, 5.41) is 26.1. The number of hydrogen-bond acceptors (Lipinski definition) is 7. The molecule has 5 aliphatic rings. The van der Waals surface area contributed by atoms with Crippen LogP contribution in [0.2, 0.25) is 0 Å². The van der Waals surface area contributed by atoms with Crippen molar-refractivity contribution in [2.24, 2.45) is 35.0 Å². The summed E-state index contributed by atoms with van der Waals surface area (Å²) >= 11 is 0. The average molecular weight is 775 g/mol. The third-order valence-corrected chi connectivity index (χ3v) is 13.5. The normalized spacial score (nSPS) is 29.5. The molecule has 2 saturated heterocycles. The zero-order valence-electron chi connectivity index (χ0n) is 33.4. The maximum Gasteiger partial charge on any atom is 0.416 e. The molecular formula is C43H62F4N4O4. The zero-order valence-corrected chi connectivity index (χ0v) is 33.4. The molecule has 0 spiro atoms. The van der Waals surface area contributed by atoms with Gasteiger partial charge in [-0.15, -0.1) is 0 Å². The minimum absolute atomic E-state index is 0.00918. The Balaban J connectivity index is 1.26. The molecular weight excluding hydrogens is 712 g/mol. The highest BCUT2D eigenvalue weighted by molar-refractivity contribution is 5.82. The SMILES string of the molecule is CC(C)C[C@@H](CN1CCCC1)N(Cc1cccc(CN2O[C@@H](CO)[C@@H]([C@H](C)O)[C@H]2C(=O)N[C@H]2C[C@H]3C[C@H]([C@H]2C)C3(C)C)c1)Cc1c(F)cccc1C(F)(F)F. The standard InChI is InChI=1S/C43H62F4N4O4/c1-26(2)17-32(23-49-15-7-8-16-49)50(24-33-34(43(45,46)47)13-10-14-36(33)44)21-29-11-9-12-30(18-29)22-51-40(39(28(4)53)38(25-52)55-51)41(54)48-37-20-31-19-35(27(37)3)42(31,5)6/h9-14,18,26-28,31-32,35,37-40,52-53H,7-8,15-17,19-25H2,1-6H3,(H,48,54)/t27-,28+,31-,32+,35-,37+,38+,39-,40+/m1/s1. The second-order valence-corrected chi connectivity index (χ2v) is 18.0. The number of halogens is 4. The molecule has 0 aromatic heterocycles. The number of alkyl halides is 3. The quantitative estimate of drug-likeness (QED) is 0.168. The van der Waals surface area contributed by atoms with E-state index in [-0.39, 0.29) is 61.1 Å². The first kappa shape index (κ1) is 42.0. The molecule has 2 bridgehead atoms. The van der Waals surface area contributed by atoms with Gasteiger partial charge >= 0.3 is 6.18 Å². The summed E-state index contributed by atoms with van der Waals surface area (Å²) in [4.78, 5) is 24.8. The van der Waals surface area contributed by atoms with Gasteiger partial charge in [0, 0.05) is 43.2 Å². The van der Waals surface area contributed by atoms with Crippen molar-refractivity contribution in [3.63, 3.8) is 0 Å². The molecule has 7 rings (SSSR count). The van der Waals surface area contributed by atoms with Gasteiger partial charge in [0.05, 0.1) is 24.8 Å². The Hall–Kier alpha value is -2.61. The number of fused-ring (bicyclic) bond motifs is 2. The molecule has 306 valence electrons. The molecule has 3 aliphatic carbocycles. The number of nitrogens with zero attached hydrogens (tertiary/aromatic N) is 3. The lowest BCUT2D eigenvalue weighted by atomic mass is 9.45. The number of nitrogens with one attached hydrogen (secondary N) is 1. The van der Waals surface area contributed by atoms with Crippen molar-refractivity contribution in [2.75, 3.05) is 26.2 Å². The molecule has 2 heterocycles. The largest absolute Gasteiger partial charge is 0.416 e. The van der Waals surface area contributed by atoms with E-state index in [0.29, 0.717) is 24.3 Å². The van der Waals surface area contributed by atoms with Crippen LogP contribution in [-0.2, 0) is 35.4 Å². The van der Waals surface area contributed by atoms with Gasteiger partial charge in [0.15, 0.2) is 0 Å². The van der Waals surface area contributed by atoms with E-state index in [0.717, 1.165) is 68.1 Å². The number of carbonyl (C=O) groups is 1. The number of rotatable bonds is 15. The number of hydrogen-bond donors (Lipinski definition) is 3. The number of hydroxylamine groups is 2. The summed E-state index contributed by atoms with van der Waals surface area (Å²) in [5.74, 6) is -0.133. The van der Waals surface area contributed by atoms with Gasteiger partial charge in [0.1, 0.15) is 18.0 Å². The molecule has 2 aliphatic heterocycles. The zero-order chi connectivity index (χ0) is 39.8. The third-order valence-electron chi connectivity index (χ3n) is 13.5. The van der Waals surface area contributed by atoms with E-state index in [1.54, 1.807) is 12.0 Å². The summed E-state index contributed by atoms with van der Waals surface area (Å²) in [6, 6.07) is 9.86. The molecule has 0 unspecified atom stereocenters. The summed E-state index contributed by atoms with van der Waals surface area (Å²) in [5.41, 5.74) is 0.580. The summed E-state index contributed by atoms with van der Waals surface area (Å²) in [6.07, 6.45) is -1.46. The average Bonchev–Trinajstić information content (AvgIpc) is 3.76. The van der Waals surface area contributed by atoms with Gasteiger partial charge in [-0.05, 0) is 104 Å². The highest BCUT2D eigenvalue weighted by Crippen LogP contribution is 2.61. The lowest BCUT2D eigenvalue weighted by Gasteiger charge is -2.62. The molecule has 3 N–H and O–H groups in total. The van der Waals surface area contributed by atoms with Gasteiger partial charge in [0.25, 0.3) is 0 Å². The van der Waals surface area contributed by atoms with Crippen LogP contribution in [0.15, 0.2) is 42.5 Å². The fraction of sp³-hybridized carbons (Fsp3) is 0.698. The second kappa shape index (κ2) is 17.1. The van der Waals surface area contributed by atoms with Crippen LogP contribution in [0.25, 0.3) is 0 Å². The Kier molecular flexibility index (Phi) is 13.1. The van der Waals surface area contributed by atoms with Crippen LogP contribution >= 0.6 is 0 Å². The maximum atomic E-state index is 15.4. The predicted octanol–water partition coefficient (Wildman–Crippen LogP) is 7.02. The second-order valence-electron chi connectivity index (χ2n) is 18.0. The lowest BCUT2D eigenvalue weighted by Crippen LogP contribution is -2.62. The fourth-order valence-corrected chi connectivity index (χ4v) is 10.4. The van der Waals surface area contributed by atoms with Gasteiger partial charge < -0.3 is 20.4 Å². The van der Waals surface area contributed by atoms with Crippen LogP contribution in [0.5, 0.6) is 0 Å². The molecule has 0 radical (unpaired) electrons. The minimum Gasteiger partial charge on any atom is -0.394 e. The fourth-order valence-electron chi connectivity index (χ4n) is 10.4. The van der Waals surface area contributed by atoms with Gasteiger partial charge in [0.2, 0.25) is 5.91 Å². The number of benzene rings is 2. The van der Waals surface area contributed by atoms with Crippen LogP contribution in [-0.4, -0.2) is 87.6 Å². The van der Waals surface area contributed by atoms with E-state index in [1.165, 1.54) is 6.42 Å². The third kappa shape index (κ3) is 9.25. The number of amides is 1. The van der Waals surface area contributed by atoms with Crippen LogP contribution in [0.1, 0.15) is 95.9 Å². The van der Waals surface area contributed by atoms with Crippen molar-refractivity contribution in [2.45, 2.75) is 130 Å². The van der Waals surface area contributed by atoms with Crippen molar-refractivity contribution < 1.29 is 37.4 Å². The lowest BCUT2D eigenvalue weighted by molar-refractivity contribution is -0.183. The Bertz CT molecular complexity index is 1620. The van der Waals surface area contributed by atoms with E-state index in [2.05, 4.69) is 44.8 Å². The first-order chi connectivity index (χ1) is 26.0. The topological polar surface area (TPSA) is 88.5 Å². The first-order valence-corrected chi connectivity index (χ1v) is 20.4. The van der Waals surface area contributed by atoms with Gasteiger partial charge in [-0.2, -0.15) is 18.2 Å². The maximum absolute atomic E-state index is 15.4. The van der Waals surface area contributed by atoms with E-state index < -0.39 is 41.7 Å². The van der Waals surface area contributed by atoms with Gasteiger partial charge in [-0.25, -0.2) is 4.39 Å². The molecule has 3 saturated carbocycles. The highest BCUT2D eigenvalue weighted by atomic mass is 19.4. The Morgan fingerprint density at radius 3 is 2.36 bits per heavy atom. The highest BCUT2D eigenvalue weighted by Gasteiger charge is 2.57. The first-order valence-electron chi connectivity index (χ1n) is 20.4. The summed E-state index contributed by atoms with van der Waals surface area (Å²) in [6.45, 7) is 15.1. The van der Waals surface area contributed by atoms with Crippen molar-refractivity contribution in [1.82, 2.24) is 20.2 Å². The monoisotopic (exact) mass is 774 g/mol. The summed E-state index contributed by atoms with van der Waals surface area (Å²) < 4.78 is 58.1. The predicted molar refractivity (Wildman–Crippen MR) is 204 cm³/mol. The summed E-state index contributed by atoms with van der Waals surface area (Å²) in [7, 11) is 0. The number of likely N-dealkylation sites (tertiary alicyclic amines) is 1. The molecule has 9 atom stereocenters. The molecule has 2 aromatic carbocycles. The van der Waals surface area contributed by atoms with E-state index in [1.807, 2.05) is 29.2 Å². The molecule has 5 fully saturated rings. The Labute approximate surface area is 324 Å². The van der Waals surface area contributed by atoms with Gasteiger partial charge in [-0.1, -0.05) is 65.0 Å². The molecule has 55 heavy (non-hydrogen) atoms. The van der Waals surface area contributed by atoms with E-state index in [4.69, 9.17) is 4.84 Å². The molecule has 1 amide bonds. The minimum atomic E-state index is -4.70. The van der Waals surface area contributed by atoms with Crippen LogP contribution in [0.3, 0.4) is 0 Å². The van der Waals surface area contributed by atoms with Crippen LogP contribution < -0.4 is 5.32 Å². The number of aliphatic hydroxyl groups excluding tert-OH is 2.